The molecular formula is C22H19N5O4. The third-order valence-corrected chi connectivity index (χ3v) is 4.34. The van der Waals surface area contributed by atoms with E-state index in [-0.39, 0.29) is 11.6 Å². The molecule has 9 heteroatoms. The quantitative estimate of drug-likeness (QED) is 0.480. The van der Waals surface area contributed by atoms with E-state index < -0.39 is 18.5 Å². The van der Waals surface area contributed by atoms with E-state index in [1.165, 1.54) is 4.52 Å². The van der Waals surface area contributed by atoms with Crippen LogP contribution in [0.2, 0.25) is 0 Å². The molecule has 4 rings (SSSR count). The Kier molecular flexibility index (Phi) is 5.57. The summed E-state index contributed by atoms with van der Waals surface area (Å²) < 4.78 is 12.2. The Morgan fingerprint density at radius 1 is 0.968 bits per heavy atom. The summed E-state index contributed by atoms with van der Waals surface area (Å²) >= 11 is 0. The molecule has 2 aromatic carbocycles. The third kappa shape index (κ3) is 4.84. The Labute approximate surface area is 177 Å². The molecule has 0 fully saturated rings. The van der Waals surface area contributed by atoms with E-state index in [2.05, 4.69) is 20.4 Å². The molecule has 0 unspecified atom stereocenters. The maximum absolute atomic E-state index is 12.1. The number of aryl methyl sites for hydroxylation is 2. The van der Waals surface area contributed by atoms with Gasteiger partial charge in [0.2, 0.25) is 0 Å². The molecule has 4 aromatic rings. The van der Waals surface area contributed by atoms with Crippen LogP contribution in [0.1, 0.15) is 21.9 Å². The van der Waals surface area contributed by atoms with Gasteiger partial charge >= 0.3 is 5.97 Å². The number of benzene rings is 2. The predicted octanol–water partition coefficient (Wildman–Crippen LogP) is 3.33. The summed E-state index contributed by atoms with van der Waals surface area (Å²) in [5.74, 6) is 0.187. The van der Waals surface area contributed by atoms with Gasteiger partial charge in [-0.05, 0) is 56.3 Å². The number of carbonyl (C=O) groups is 2. The summed E-state index contributed by atoms with van der Waals surface area (Å²) in [4.78, 5) is 32.3. The van der Waals surface area contributed by atoms with Gasteiger partial charge in [0.05, 0.1) is 0 Å². The number of ether oxygens (including phenoxy) is 2. The number of esters is 1. The topological polar surface area (TPSA) is 108 Å². The largest absolute Gasteiger partial charge is 0.457 e. The zero-order valence-corrected chi connectivity index (χ0v) is 16.9. The minimum atomic E-state index is -0.804. The molecule has 0 radical (unpaired) electrons. The van der Waals surface area contributed by atoms with E-state index in [4.69, 9.17) is 9.47 Å². The molecule has 0 saturated carbocycles. The highest BCUT2D eigenvalue weighted by Crippen LogP contribution is 2.23. The van der Waals surface area contributed by atoms with Crippen molar-refractivity contribution >= 4 is 23.3 Å². The number of nitrogens with one attached hydrogen (secondary N) is 1. The Balaban J connectivity index is 1.30. The van der Waals surface area contributed by atoms with Gasteiger partial charge in [-0.2, -0.15) is 4.98 Å². The molecule has 0 aliphatic rings. The van der Waals surface area contributed by atoms with Gasteiger partial charge in [-0.25, -0.2) is 14.3 Å². The van der Waals surface area contributed by atoms with E-state index in [0.29, 0.717) is 11.4 Å². The van der Waals surface area contributed by atoms with Gasteiger partial charge in [-0.15, -0.1) is 5.10 Å². The SMILES string of the molecule is Cc1ccc(Oc2ccc(NC(=O)COC(=O)c3nc4nccc(C)n4n3)cc2)cc1. The molecule has 9 nitrogen and oxygen atoms in total. The van der Waals surface area contributed by atoms with Gasteiger partial charge in [-0.1, -0.05) is 17.7 Å². The van der Waals surface area contributed by atoms with Gasteiger partial charge in [0.25, 0.3) is 17.5 Å². The standard InChI is InChI=1S/C22H19N5O4/c1-14-3-7-17(8-4-14)31-18-9-5-16(6-10-18)24-19(28)13-30-21(29)20-25-22-23-12-11-15(2)27(22)26-20/h3-12H,13H2,1-2H3,(H,24,28). The fourth-order valence-corrected chi connectivity index (χ4v) is 2.73. The Hall–Kier alpha value is -4.27. The first-order valence-corrected chi connectivity index (χ1v) is 9.48. The third-order valence-electron chi connectivity index (χ3n) is 4.34. The molecule has 156 valence electrons. The molecule has 0 aliphatic heterocycles. The highest BCUT2D eigenvalue weighted by atomic mass is 16.5. The number of carbonyl (C=O) groups excluding carboxylic acids is 2. The fourth-order valence-electron chi connectivity index (χ4n) is 2.73. The van der Waals surface area contributed by atoms with Crippen LogP contribution in [-0.2, 0) is 9.53 Å². The van der Waals surface area contributed by atoms with Crippen LogP contribution in [0.3, 0.4) is 0 Å². The number of fused-ring (bicyclic) bond motifs is 1. The van der Waals surface area contributed by atoms with E-state index in [1.54, 1.807) is 36.5 Å². The van der Waals surface area contributed by atoms with Crippen LogP contribution in [-0.4, -0.2) is 38.1 Å². The highest BCUT2D eigenvalue weighted by molar-refractivity contribution is 5.94. The maximum Gasteiger partial charge on any atom is 0.378 e. The summed E-state index contributed by atoms with van der Waals surface area (Å²) in [7, 11) is 0. The van der Waals surface area contributed by atoms with Crippen molar-refractivity contribution in [3.63, 3.8) is 0 Å². The molecule has 0 spiro atoms. The van der Waals surface area contributed by atoms with Crippen LogP contribution in [0.15, 0.2) is 60.8 Å². The van der Waals surface area contributed by atoms with Crippen molar-refractivity contribution in [2.24, 2.45) is 0 Å². The van der Waals surface area contributed by atoms with Crippen molar-refractivity contribution in [3.05, 3.63) is 77.9 Å². The molecule has 31 heavy (non-hydrogen) atoms. The van der Waals surface area contributed by atoms with E-state index in [0.717, 1.165) is 17.0 Å². The minimum Gasteiger partial charge on any atom is -0.457 e. The molecule has 0 atom stereocenters. The summed E-state index contributed by atoms with van der Waals surface area (Å²) in [6.45, 7) is 3.34. The second kappa shape index (κ2) is 8.62. The zero-order valence-electron chi connectivity index (χ0n) is 16.9. The molecule has 0 bridgehead atoms. The molecule has 0 saturated heterocycles. The molecule has 2 aromatic heterocycles. The van der Waals surface area contributed by atoms with Gasteiger partial charge in [0, 0.05) is 17.6 Å². The van der Waals surface area contributed by atoms with Crippen LogP contribution in [0.4, 0.5) is 5.69 Å². The first-order chi connectivity index (χ1) is 15.0. The summed E-state index contributed by atoms with van der Waals surface area (Å²) in [6, 6.07) is 16.3. The summed E-state index contributed by atoms with van der Waals surface area (Å²) in [5, 5.41) is 6.70. The molecular weight excluding hydrogens is 398 g/mol. The van der Waals surface area contributed by atoms with E-state index in [9.17, 15) is 9.59 Å². The highest BCUT2D eigenvalue weighted by Gasteiger charge is 2.17. The first kappa shape index (κ1) is 20.0. The molecule has 1 N–H and O–H groups in total. The minimum absolute atomic E-state index is 0.160. The average molecular weight is 417 g/mol. The Morgan fingerprint density at radius 2 is 1.65 bits per heavy atom. The van der Waals surface area contributed by atoms with Crippen molar-refractivity contribution in [2.75, 3.05) is 11.9 Å². The number of aromatic nitrogens is 4. The number of amides is 1. The van der Waals surface area contributed by atoms with Crippen LogP contribution < -0.4 is 10.1 Å². The van der Waals surface area contributed by atoms with E-state index >= 15 is 0 Å². The predicted molar refractivity (Wildman–Crippen MR) is 112 cm³/mol. The second-order valence-electron chi connectivity index (χ2n) is 6.80. The van der Waals surface area contributed by atoms with Crippen LogP contribution in [0, 0.1) is 13.8 Å². The van der Waals surface area contributed by atoms with Gasteiger partial charge < -0.3 is 14.8 Å². The lowest BCUT2D eigenvalue weighted by Crippen LogP contribution is -2.21. The van der Waals surface area contributed by atoms with Gasteiger partial charge in [0.15, 0.2) is 6.61 Å². The van der Waals surface area contributed by atoms with Gasteiger partial charge in [-0.3, -0.25) is 4.79 Å². The number of hydrogen-bond acceptors (Lipinski definition) is 7. The molecule has 1 amide bonds. The van der Waals surface area contributed by atoms with Crippen LogP contribution >= 0.6 is 0 Å². The molecule has 0 aliphatic carbocycles. The fraction of sp³-hybridized carbons (Fsp3) is 0.136. The normalized spacial score (nSPS) is 10.6. The number of anilines is 1. The number of nitrogens with zero attached hydrogens (tertiary/aromatic N) is 4. The smallest absolute Gasteiger partial charge is 0.378 e. The van der Waals surface area contributed by atoms with E-state index in [1.807, 2.05) is 38.1 Å². The van der Waals surface area contributed by atoms with Crippen molar-refractivity contribution < 1.29 is 19.1 Å². The molecule has 2 heterocycles. The first-order valence-electron chi connectivity index (χ1n) is 9.48. The number of rotatable bonds is 6. The van der Waals surface area contributed by atoms with Crippen molar-refractivity contribution in [2.45, 2.75) is 13.8 Å². The second-order valence-corrected chi connectivity index (χ2v) is 6.80. The van der Waals surface area contributed by atoms with Crippen LogP contribution in [0.25, 0.3) is 5.78 Å². The Bertz CT molecular complexity index is 1230. The lowest BCUT2D eigenvalue weighted by Gasteiger charge is -2.08. The maximum atomic E-state index is 12.1. The lowest BCUT2D eigenvalue weighted by atomic mass is 10.2. The summed E-state index contributed by atoms with van der Waals surface area (Å²) in [5.41, 5.74) is 2.46. The Morgan fingerprint density at radius 3 is 2.32 bits per heavy atom. The van der Waals surface area contributed by atoms with Gasteiger partial charge in [0.1, 0.15) is 11.5 Å². The lowest BCUT2D eigenvalue weighted by molar-refractivity contribution is -0.119. The van der Waals surface area contributed by atoms with Crippen LogP contribution in [0.5, 0.6) is 11.5 Å². The zero-order chi connectivity index (χ0) is 21.8. The van der Waals surface area contributed by atoms with Crippen molar-refractivity contribution in [1.82, 2.24) is 19.6 Å². The number of hydrogen-bond donors (Lipinski definition) is 1. The van der Waals surface area contributed by atoms with Crippen molar-refractivity contribution in [3.8, 4) is 11.5 Å². The van der Waals surface area contributed by atoms with Crippen molar-refractivity contribution in [1.29, 1.82) is 0 Å². The summed E-state index contributed by atoms with van der Waals surface area (Å²) in [6.07, 6.45) is 1.57. The average Bonchev–Trinajstić information content (AvgIpc) is 3.21. The monoisotopic (exact) mass is 417 g/mol.